The normalized spacial score (nSPS) is 19.0. The molecule has 27 heavy (non-hydrogen) atoms. The number of hydrogen-bond donors (Lipinski definition) is 0. The first-order valence-corrected chi connectivity index (χ1v) is 11.2. The van der Waals surface area contributed by atoms with Gasteiger partial charge in [0, 0.05) is 21.6 Å². The SMILES string of the molecule is C[C@H]1CCN(C(=O)COC(=O)c2cc3c(s2)CCCC3)c2ccccc2S1. The van der Waals surface area contributed by atoms with Gasteiger partial charge in [-0.05, 0) is 55.9 Å². The van der Waals surface area contributed by atoms with Gasteiger partial charge in [0.25, 0.3) is 5.91 Å². The number of benzene rings is 1. The van der Waals surface area contributed by atoms with Crippen molar-refractivity contribution in [2.45, 2.75) is 49.2 Å². The van der Waals surface area contributed by atoms with Crippen molar-refractivity contribution in [3.63, 3.8) is 0 Å². The molecule has 1 aromatic heterocycles. The van der Waals surface area contributed by atoms with Crippen molar-refractivity contribution in [3.05, 3.63) is 45.6 Å². The Morgan fingerprint density at radius 3 is 2.89 bits per heavy atom. The van der Waals surface area contributed by atoms with Crippen LogP contribution in [0.1, 0.15) is 46.3 Å². The zero-order valence-electron chi connectivity index (χ0n) is 15.4. The molecule has 1 aromatic carbocycles. The average molecular weight is 402 g/mol. The number of anilines is 1. The van der Waals surface area contributed by atoms with E-state index in [0.29, 0.717) is 16.7 Å². The van der Waals surface area contributed by atoms with Crippen LogP contribution in [0.3, 0.4) is 0 Å². The number of fused-ring (bicyclic) bond motifs is 2. The second kappa shape index (κ2) is 8.07. The molecule has 4 nitrogen and oxygen atoms in total. The summed E-state index contributed by atoms with van der Waals surface area (Å²) in [6.07, 6.45) is 5.37. The molecule has 2 aliphatic rings. The Hall–Kier alpha value is -1.79. The maximum Gasteiger partial charge on any atom is 0.348 e. The molecular weight excluding hydrogens is 378 g/mol. The number of carbonyl (C=O) groups excluding carboxylic acids is 2. The highest BCUT2D eigenvalue weighted by molar-refractivity contribution is 8.00. The molecule has 0 radical (unpaired) electrons. The third-order valence-electron chi connectivity index (χ3n) is 5.07. The quantitative estimate of drug-likeness (QED) is 0.700. The van der Waals surface area contributed by atoms with Gasteiger partial charge in [0.05, 0.1) is 5.69 Å². The fourth-order valence-corrected chi connectivity index (χ4v) is 5.87. The van der Waals surface area contributed by atoms with E-state index in [1.54, 1.807) is 16.7 Å². The molecule has 2 heterocycles. The molecule has 1 aliphatic heterocycles. The zero-order valence-corrected chi connectivity index (χ0v) is 17.0. The highest BCUT2D eigenvalue weighted by atomic mass is 32.2. The molecule has 1 atom stereocenters. The van der Waals surface area contributed by atoms with Gasteiger partial charge >= 0.3 is 5.97 Å². The summed E-state index contributed by atoms with van der Waals surface area (Å²) in [5.74, 6) is -0.541. The number of esters is 1. The summed E-state index contributed by atoms with van der Waals surface area (Å²) >= 11 is 3.31. The smallest absolute Gasteiger partial charge is 0.348 e. The maximum atomic E-state index is 12.8. The van der Waals surface area contributed by atoms with Crippen LogP contribution in [-0.2, 0) is 22.4 Å². The molecule has 2 aromatic rings. The lowest BCUT2D eigenvalue weighted by Gasteiger charge is -2.22. The molecular formula is C21H23NO3S2. The molecule has 0 spiro atoms. The van der Waals surface area contributed by atoms with Gasteiger partial charge in [-0.1, -0.05) is 19.1 Å². The van der Waals surface area contributed by atoms with E-state index < -0.39 is 0 Å². The van der Waals surface area contributed by atoms with E-state index in [2.05, 4.69) is 6.92 Å². The van der Waals surface area contributed by atoms with Crippen molar-refractivity contribution in [1.82, 2.24) is 0 Å². The second-order valence-corrected chi connectivity index (χ2v) is 9.69. The molecule has 0 saturated heterocycles. The Morgan fingerprint density at radius 1 is 1.22 bits per heavy atom. The van der Waals surface area contributed by atoms with Gasteiger partial charge in [0.1, 0.15) is 4.88 Å². The molecule has 0 N–H and O–H groups in total. The van der Waals surface area contributed by atoms with Gasteiger partial charge in [-0.3, -0.25) is 4.79 Å². The fourth-order valence-electron chi connectivity index (χ4n) is 3.61. The molecule has 0 bridgehead atoms. The summed E-state index contributed by atoms with van der Waals surface area (Å²) in [7, 11) is 0. The maximum absolute atomic E-state index is 12.8. The number of thioether (sulfide) groups is 1. The van der Waals surface area contributed by atoms with E-state index in [9.17, 15) is 9.59 Å². The minimum Gasteiger partial charge on any atom is -0.451 e. The van der Waals surface area contributed by atoms with Crippen molar-refractivity contribution in [1.29, 1.82) is 0 Å². The molecule has 0 unspecified atom stereocenters. The number of aryl methyl sites for hydroxylation is 2. The summed E-state index contributed by atoms with van der Waals surface area (Å²) < 4.78 is 5.38. The number of amides is 1. The first-order valence-electron chi connectivity index (χ1n) is 9.46. The van der Waals surface area contributed by atoms with Gasteiger partial charge in [0.2, 0.25) is 0 Å². The van der Waals surface area contributed by atoms with E-state index in [1.165, 1.54) is 34.6 Å². The second-order valence-electron chi connectivity index (χ2n) is 7.07. The minimum absolute atomic E-state index is 0.160. The van der Waals surface area contributed by atoms with Crippen LogP contribution in [0.5, 0.6) is 0 Å². The monoisotopic (exact) mass is 401 g/mol. The third kappa shape index (κ3) is 4.06. The predicted octanol–water partition coefficient (Wildman–Crippen LogP) is 4.70. The molecule has 0 fully saturated rings. The fraction of sp³-hybridized carbons (Fsp3) is 0.429. The Bertz CT molecular complexity index is 837. The van der Waals surface area contributed by atoms with E-state index in [4.69, 9.17) is 4.74 Å². The highest BCUT2D eigenvalue weighted by Gasteiger charge is 2.25. The van der Waals surface area contributed by atoms with Crippen LogP contribution in [0, 0.1) is 0 Å². The van der Waals surface area contributed by atoms with E-state index in [1.807, 2.05) is 30.3 Å². The van der Waals surface area contributed by atoms with Crippen LogP contribution in [0.25, 0.3) is 0 Å². The first-order chi connectivity index (χ1) is 13.1. The van der Waals surface area contributed by atoms with Crippen LogP contribution < -0.4 is 4.90 Å². The third-order valence-corrected chi connectivity index (χ3v) is 7.52. The summed E-state index contributed by atoms with van der Waals surface area (Å²) in [4.78, 5) is 30.0. The lowest BCUT2D eigenvalue weighted by atomic mass is 9.99. The van der Waals surface area contributed by atoms with Gasteiger partial charge in [-0.2, -0.15) is 0 Å². The average Bonchev–Trinajstić information content (AvgIpc) is 3.04. The van der Waals surface area contributed by atoms with Crippen LogP contribution in [0.2, 0.25) is 0 Å². The minimum atomic E-state index is -0.381. The van der Waals surface area contributed by atoms with E-state index >= 15 is 0 Å². The van der Waals surface area contributed by atoms with Gasteiger partial charge in [0.15, 0.2) is 6.61 Å². The Kier molecular flexibility index (Phi) is 5.55. The topological polar surface area (TPSA) is 46.6 Å². The van der Waals surface area contributed by atoms with Crippen molar-refractivity contribution in [3.8, 4) is 0 Å². The lowest BCUT2D eigenvalue weighted by molar-refractivity contribution is -0.121. The summed E-state index contributed by atoms with van der Waals surface area (Å²) in [5.41, 5.74) is 2.19. The van der Waals surface area contributed by atoms with Gasteiger partial charge in [-0.15, -0.1) is 23.1 Å². The van der Waals surface area contributed by atoms with E-state index in [-0.39, 0.29) is 18.5 Å². The largest absolute Gasteiger partial charge is 0.451 e. The summed E-state index contributed by atoms with van der Waals surface area (Å²) in [6, 6.07) is 9.90. The Labute approximate surface area is 167 Å². The molecule has 4 rings (SSSR count). The number of ether oxygens (including phenoxy) is 1. The zero-order chi connectivity index (χ0) is 18.8. The number of thiophene rings is 1. The molecule has 1 aliphatic carbocycles. The number of para-hydroxylation sites is 1. The van der Waals surface area contributed by atoms with Gasteiger partial charge in [-0.25, -0.2) is 4.79 Å². The first kappa shape index (κ1) is 18.6. The molecule has 0 saturated carbocycles. The molecule has 1 amide bonds. The van der Waals surface area contributed by atoms with Crippen molar-refractivity contribution in [2.24, 2.45) is 0 Å². The Morgan fingerprint density at radius 2 is 2.04 bits per heavy atom. The van der Waals surface area contributed by atoms with Gasteiger partial charge < -0.3 is 9.64 Å². The predicted molar refractivity (Wildman–Crippen MR) is 110 cm³/mol. The molecule has 6 heteroatoms. The highest BCUT2D eigenvalue weighted by Crippen LogP contribution is 2.37. The van der Waals surface area contributed by atoms with Crippen LogP contribution >= 0.6 is 23.1 Å². The molecule has 142 valence electrons. The summed E-state index contributed by atoms with van der Waals surface area (Å²) in [6.45, 7) is 2.61. The number of nitrogens with zero attached hydrogens (tertiary/aromatic N) is 1. The number of hydrogen-bond acceptors (Lipinski definition) is 5. The van der Waals surface area contributed by atoms with Crippen molar-refractivity contribution < 1.29 is 14.3 Å². The number of carbonyl (C=O) groups is 2. The van der Waals surface area contributed by atoms with E-state index in [0.717, 1.165) is 29.8 Å². The van der Waals surface area contributed by atoms with Crippen molar-refractivity contribution >= 4 is 40.7 Å². The number of rotatable bonds is 3. The van der Waals surface area contributed by atoms with Crippen LogP contribution in [0.15, 0.2) is 35.2 Å². The lowest BCUT2D eigenvalue weighted by Crippen LogP contribution is -2.35. The van der Waals surface area contributed by atoms with Crippen molar-refractivity contribution in [2.75, 3.05) is 18.1 Å². The summed E-state index contributed by atoms with van der Waals surface area (Å²) in [5, 5.41) is 0.448. The van der Waals surface area contributed by atoms with Crippen LogP contribution in [0.4, 0.5) is 5.69 Å². The standard InChI is InChI=1S/C21H23NO3S2/c1-14-10-11-22(16-7-3-5-9-18(16)26-14)20(23)13-25-21(24)19-12-15-6-2-4-8-17(15)27-19/h3,5,7,9,12,14H,2,4,6,8,10-11,13H2,1H3/t14-/m0/s1. The van der Waals surface area contributed by atoms with Crippen LogP contribution in [-0.4, -0.2) is 30.3 Å². The Balaban J connectivity index is 1.43.